The van der Waals surface area contributed by atoms with Crippen molar-refractivity contribution in [2.45, 2.75) is 19.4 Å². The molecule has 0 saturated carbocycles. The lowest BCUT2D eigenvalue weighted by molar-refractivity contribution is -0.122. The molecule has 4 nitrogen and oxygen atoms in total. The molecule has 0 radical (unpaired) electrons. The van der Waals surface area contributed by atoms with E-state index in [1.165, 1.54) is 0 Å². The molecule has 90 valence electrons. The minimum Gasteiger partial charge on any atom is -0.380 e. The molecule has 0 bridgehead atoms. The van der Waals surface area contributed by atoms with Gasteiger partial charge in [0.25, 0.3) is 0 Å². The van der Waals surface area contributed by atoms with Crippen LogP contribution in [-0.2, 0) is 9.53 Å². The third-order valence-corrected chi connectivity index (χ3v) is 1.92. The number of terminal acetylenes is 1. The van der Waals surface area contributed by atoms with E-state index in [1.807, 2.05) is 6.08 Å². The van der Waals surface area contributed by atoms with Gasteiger partial charge in [-0.2, -0.15) is 0 Å². The monoisotopic (exact) mass is 224 g/mol. The van der Waals surface area contributed by atoms with E-state index >= 15 is 0 Å². The van der Waals surface area contributed by atoms with Gasteiger partial charge in [-0.3, -0.25) is 4.79 Å². The zero-order chi connectivity index (χ0) is 12.2. The first-order valence-corrected chi connectivity index (χ1v) is 5.35. The molecule has 16 heavy (non-hydrogen) atoms. The van der Waals surface area contributed by atoms with Crippen molar-refractivity contribution >= 4 is 5.91 Å². The number of carbonyl (C=O) groups excluding carboxylic acids is 1. The summed E-state index contributed by atoms with van der Waals surface area (Å²) in [5, 5.41) is 5.64. The number of ether oxygens (including phenoxy) is 1. The Hall–Kier alpha value is -1.31. The van der Waals surface area contributed by atoms with E-state index in [4.69, 9.17) is 11.2 Å². The largest absolute Gasteiger partial charge is 0.380 e. The van der Waals surface area contributed by atoms with Crippen LogP contribution in [0.2, 0.25) is 0 Å². The Kier molecular flexibility index (Phi) is 9.38. The number of hydrogen-bond acceptors (Lipinski definition) is 3. The highest BCUT2D eigenvalue weighted by Gasteiger charge is 2.09. The number of amides is 1. The smallest absolute Gasteiger partial charge is 0.237 e. The molecule has 0 aliphatic carbocycles. The Morgan fingerprint density at radius 1 is 1.62 bits per heavy atom. The Balaban J connectivity index is 3.42. The lowest BCUT2D eigenvalue weighted by Crippen LogP contribution is -2.43. The number of rotatable bonds is 9. The van der Waals surface area contributed by atoms with Gasteiger partial charge in [-0.05, 0) is 13.3 Å². The lowest BCUT2D eigenvalue weighted by Gasteiger charge is -2.12. The van der Waals surface area contributed by atoms with Crippen molar-refractivity contribution < 1.29 is 9.53 Å². The van der Waals surface area contributed by atoms with Crippen LogP contribution < -0.4 is 10.6 Å². The molecule has 0 saturated heterocycles. The van der Waals surface area contributed by atoms with E-state index in [1.54, 1.807) is 6.92 Å². The molecule has 0 aromatic carbocycles. The van der Waals surface area contributed by atoms with Crippen LogP contribution >= 0.6 is 0 Å². The average Bonchev–Trinajstić information content (AvgIpc) is 2.30. The molecule has 0 heterocycles. The maximum atomic E-state index is 11.3. The van der Waals surface area contributed by atoms with Crippen LogP contribution in [0.15, 0.2) is 12.7 Å². The van der Waals surface area contributed by atoms with E-state index in [2.05, 4.69) is 23.1 Å². The van der Waals surface area contributed by atoms with E-state index in [0.29, 0.717) is 19.8 Å². The van der Waals surface area contributed by atoms with E-state index < -0.39 is 0 Å². The van der Waals surface area contributed by atoms with Gasteiger partial charge in [-0.1, -0.05) is 12.0 Å². The topological polar surface area (TPSA) is 50.4 Å². The summed E-state index contributed by atoms with van der Waals surface area (Å²) in [7, 11) is 0. The van der Waals surface area contributed by atoms with E-state index in [-0.39, 0.29) is 18.5 Å². The van der Waals surface area contributed by atoms with Gasteiger partial charge in [0, 0.05) is 6.54 Å². The highest BCUT2D eigenvalue weighted by Crippen LogP contribution is 1.84. The predicted octanol–water partition coefficient (Wildman–Crippen LogP) is 0.307. The molecule has 1 unspecified atom stereocenters. The molecule has 4 heteroatoms. The highest BCUT2D eigenvalue weighted by molar-refractivity contribution is 5.81. The second-order valence-corrected chi connectivity index (χ2v) is 3.29. The maximum Gasteiger partial charge on any atom is 0.237 e. The van der Waals surface area contributed by atoms with Crippen LogP contribution in [-0.4, -0.2) is 38.3 Å². The summed E-state index contributed by atoms with van der Waals surface area (Å²) in [5.74, 6) is 2.26. The molecule has 0 spiro atoms. The number of carbonyl (C=O) groups is 1. The fourth-order valence-electron chi connectivity index (χ4n) is 1.00. The molecule has 0 aliphatic heterocycles. The molecule has 0 fully saturated rings. The Morgan fingerprint density at radius 3 is 3.00 bits per heavy atom. The van der Waals surface area contributed by atoms with Gasteiger partial charge in [-0.15, -0.1) is 13.0 Å². The van der Waals surface area contributed by atoms with Crippen molar-refractivity contribution in [1.29, 1.82) is 0 Å². The Bertz CT molecular complexity index is 246. The summed E-state index contributed by atoms with van der Waals surface area (Å²) in [6.45, 7) is 7.54. The van der Waals surface area contributed by atoms with Gasteiger partial charge in [0.2, 0.25) is 5.91 Å². The van der Waals surface area contributed by atoms with Crippen LogP contribution in [0.4, 0.5) is 0 Å². The molecule has 0 aromatic heterocycles. The van der Waals surface area contributed by atoms with Crippen molar-refractivity contribution in [3.05, 3.63) is 12.7 Å². The van der Waals surface area contributed by atoms with Crippen molar-refractivity contribution in [1.82, 2.24) is 10.6 Å². The molecule has 1 amide bonds. The van der Waals surface area contributed by atoms with Crippen LogP contribution in [0.5, 0.6) is 0 Å². The predicted molar refractivity (Wildman–Crippen MR) is 64.9 cm³/mol. The zero-order valence-corrected chi connectivity index (χ0v) is 9.79. The quantitative estimate of drug-likeness (QED) is 0.336. The molecule has 0 aromatic rings. The van der Waals surface area contributed by atoms with Crippen molar-refractivity contribution in [3.63, 3.8) is 0 Å². The van der Waals surface area contributed by atoms with Gasteiger partial charge >= 0.3 is 0 Å². The average molecular weight is 224 g/mol. The summed E-state index contributed by atoms with van der Waals surface area (Å²) in [5.41, 5.74) is 0. The Morgan fingerprint density at radius 2 is 2.38 bits per heavy atom. The van der Waals surface area contributed by atoms with Crippen LogP contribution in [0, 0.1) is 12.3 Å². The van der Waals surface area contributed by atoms with Gasteiger partial charge in [0.15, 0.2) is 0 Å². The summed E-state index contributed by atoms with van der Waals surface area (Å²) in [6, 6.07) is -0.253. The summed E-state index contributed by atoms with van der Waals surface area (Å²) in [4.78, 5) is 11.3. The molecule has 2 N–H and O–H groups in total. The van der Waals surface area contributed by atoms with Gasteiger partial charge in [0.05, 0.1) is 25.8 Å². The number of hydrogen-bond donors (Lipinski definition) is 2. The highest BCUT2D eigenvalue weighted by atomic mass is 16.5. The second-order valence-electron chi connectivity index (χ2n) is 3.29. The second kappa shape index (κ2) is 10.2. The molecule has 1 atom stereocenters. The van der Waals surface area contributed by atoms with Gasteiger partial charge < -0.3 is 15.4 Å². The molecular weight excluding hydrogens is 204 g/mol. The van der Waals surface area contributed by atoms with E-state index in [9.17, 15) is 4.79 Å². The third-order valence-electron chi connectivity index (χ3n) is 1.92. The minimum atomic E-state index is -0.253. The fourth-order valence-corrected chi connectivity index (χ4v) is 1.00. The fraction of sp³-hybridized carbons (Fsp3) is 0.583. The normalized spacial score (nSPS) is 11.5. The lowest BCUT2D eigenvalue weighted by atomic mass is 10.3. The number of nitrogens with one attached hydrogen (secondary N) is 2. The van der Waals surface area contributed by atoms with Crippen molar-refractivity contribution in [2.24, 2.45) is 0 Å². The van der Waals surface area contributed by atoms with Crippen LogP contribution in [0.25, 0.3) is 0 Å². The van der Waals surface area contributed by atoms with E-state index in [0.717, 1.165) is 6.42 Å². The first-order chi connectivity index (χ1) is 7.72. The minimum absolute atomic E-state index is 0.0935. The van der Waals surface area contributed by atoms with Crippen molar-refractivity contribution in [2.75, 3.05) is 26.3 Å². The van der Waals surface area contributed by atoms with Crippen molar-refractivity contribution in [3.8, 4) is 12.3 Å². The molecule has 0 rings (SSSR count). The molecular formula is C12H20N2O2. The summed E-state index contributed by atoms with van der Waals surface area (Å²) >= 11 is 0. The SMILES string of the molecule is C#CCNC(=O)C(C)NCCOCCC=C. The van der Waals surface area contributed by atoms with Gasteiger partial charge in [-0.25, -0.2) is 0 Å². The summed E-state index contributed by atoms with van der Waals surface area (Å²) in [6.07, 6.45) is 7.69. The summed E-state index contributed by atoms with van der Waals surface area (Å²) < 4.78 is 5.29. The first-order valence-electron chi connectivity index (χ1n) is 5.35. The van der Waals surface area contributed by atoms with Gasteiger partial charge in [0.1, 0.15) is 0 Å². The first kappa shape index (κ1) is 14.7. The van der Waals surface area contributed by atoms with Crippen LogP contribution in [0.3, 0.4) is 0 Å². The zero-order valence-electron chi connectivity index (χ0n) is 9.79. The molecule has 0 aliphatic rings. The third kappa shape index (κ3) is 8.04. The standard InChI is InChI=1S/C12H20N2O2/c1-4-6-9-16-10-8-13-11(3)12(15)14-7-5-2/h2,4,11,13H,1,6-10H2,3H3,(H,14,15). The van der Waals surface area contributed by atoms with Crippen LogP contribution in [0.1, 0.15) is 13.3 Å². The maximum absolute atomic E-state index is 11.3. The Labute approximate surface area is 97.4 Å².